The zero-order chi connectivity index (χ0) is 23.6. The molecule has 1 aliphatic rings. The molecule has 6 heteroatoms. The molecule has 1 heterocycles. The molecule has 0 spiro atoms. The van der Waals surface area contributed by atoms with Gasteiger partial charge in [0.15, 0.2) is 0 Å². The summed E-state index contributed by atoms with van der Waals surface area (Å²) in [5.41, 5.74) is -0.110. The van der Waals surface area contributed by atoms with Crippen LogP contribution in [0, 0.1) is 0 Å². The molecule has 3 aromatic rings. The summed E-state index contributed by atoms with van der Waals surface area (Å²) in [5, 5.41) is 24.3. The van der Waals surface area contributed by atoms with Crippen LogP contribution in [0.4, 0.5) is 0 Å². The highest BCUT2D eigenvalue weighted by atomic mass is 16.7. The minimum absolute atomic E-state index is 0.0269. The van der Waals surface area contributed by atoms with Gasteiger partial charge in [0.1, 0.15) is 11.5 Å². The van der Waals surface area contributed by atoms with Crippen LogP contribution in [0.3, 0.4) is 0 Å². The summed E-state index contributed by atoms with van der Waals surface area (Å²) in [5.74, 6) is -3.50. The normalized spacial score (nSPS) is 23.8. The van der Waals surface area contributed by atoms with Crippen LogP contribution in [0.15, 0.2) is 72.8 Å². The fraction of sp³-hybridized carbons (Fsp3) is 0.296. The number of methoxy groups -OCH3 is 1. The summed E-state index contributed by atoms with van der Waals surface area (Å²) < 4.78 is 16.8. The topological polar surface area (TPSA) is 85.2 Å². The van der Waals surface area contributed by atoms with Crippen LogP contribution in [0.2, 0.25) is 0 Å². The van der Waals surface area contributed by atoms with E-state index in [-0.39, 0.29) is 12.2 Å². The van der Waals surface area contributed by atoms with E-state index < -0.39 is 23.3 Å². The van der Waals surface area contributed by atoms with E-state index in [4.69, 9.17) is 14.2 Å². The molecule has 0 amide bonds. The number of fused-ring (bicyclic) bond motifs is 1. The number of esters is 1. The Hall–Kier alpha value is -3.35. The predicted octanol–water partition coefficient (Wildman–Crippen LogP) is 3.92. The minimum atomic E-state index is -2.49. The van der Waals surface area contributed by atoms with Gasteiger partial charge in [-0.15, -0.1) is 0 Å². The highest BCUT2D eigenvalue weighted by Gasteiger charge is 2.67. The Labute approximate surface area is 193 Å². The van der Waals surface area contributed by atoms with Crippen molar-refractivity contribution in [3.63, 3.8) is 0 Å². The highest BCUT2D eigenvalue weighted by Crippen LogP contribution is 2.55. The maximum atomic E-state index is 13.5. The SMILES string of the molecule is CCOC(=O)[C@]1(O)C(c2ccccc2CC)c2cc(OC)ccc2O[C@@]1(O)c1ccccc1. The molecule has 0 aromatic heterocycles. The van der Waals surface area contributed by atoms with Crippen LogP contribution in [0.5, 0.6) is 11.5 Å². The number of aliphatic hydroxyl groups is 2. The van der Waals surface area contributed by atoms with Crippen molar-refractivity contribution in [1.29, 1.82) is 0 Å². The zero-order valence-electron chi connectivity index (χ0n) is 18.9. The molecular weight excluding hydrogens is 420 g/mol. The number of hydrogen-bond acceptors (Lipinski definition) is 6. The van der Waals surface area contributed by atoms with Gasteiger partial charge in [0.2, 0.25) is 5.60 Å². The van der Waals surface area contributed by atoms with Crippen LogP contribution >= 0.6 is 0 Å². The van der Waals surface area contributed by atoms with Crippen molar-refractivity contribution in [2.45, 2.75) is 37.6 Å². The van der Waals surface area contributed by atoms with E-state index in [0.717, 1.165) is 5.56 Å². The van der Waals surface area contributed by atoms with Gasteiger partial charge in [-0.05, 0) is 42.7 Å². The number of aryl methyl sites for hydroxylation is 1. The number of ether oxygens (including phenoxy) is 3. The van der Waals surface area contributed by atoms with Gasteiger partial charge in [-0.2, -0.15) is 0 Å². The molecule has 0 aliphatic carbocycles. The van der Waals surface area contributed by atoms with Crippen molar-refractivity contribution in [1.82, 2.24) is 0 Å². The Morgan fingerprint density at radius 3 is 2.33 bits per heavy atom. The van der Waals surface area contributed by atoms with Gasteiger partial charge in [-0.3, -0.25) is 0 Å². The molecular formula is C27H28O6. The third kappa shape index (κ3) is 3.56. The van der Waals surface area contributed by atoms with Crippen molar-refractivity contribution in [2.75, 3.05) is 13.7 Å². The molecule has 1 aliphatic heterocycles. The molecule has 172 valence electrons. The molecule has 1 unspecified atom stereocenters. The van der Waals surface area contributed by atoms with E-state index in [2.05, 4.69) is 0 Å². The van der Waals surface area contributed by atoms with Crippen molar-refractivity contribution in [3.05, 3.63) is 95.1 Å². The van der Waals surface area contributed by atoms with Crippen molar-refractivity contribution in [2.24, 2.45) is 0 Å². The van der Waals surface area contributed by atoms with Gasteiger partial charge in [0, 0.05) is 11.1 Å². The summed E-state index contributed by atoms with van der Waals surface area (Å²) in [7, 11) is 1.54. The lowest BCUT2D eigenvalue weighted by molar-refractivity contribution is -0.280. The fourth-order valence-electron chi connectivity index (χ4n) is 4.60. The molecule has 3 atom stereocenters. The minimum Gasteiger partial charge on any atom is -0.497 e. The Morgan fingerprint density at radius 1 is 0.970 bits per heavy atom. The highest BCUT2D eigenvalue weighted by molar-refractivity contribution is 5.85. The predicted molar refractivity (Wildman–Crippen MR) is 123 cm³/mol. The number of carbonyl (C=O) groups excluding carboxylic acids is 1. The first-order chi connectivity index (χ1) is 15.9. The Kier molecular flexibility index (Phi) is 6.15. The first-order valence-corrected chi connectivity index (χ1v) is 11.0. The fourth-order valence-corrected chi connectivity index (χ4v) is 4.60. The largest absolute Gasteiger partial charge is 0.497 e. The van der Waals surface area contributed by atoms with E-state index in [1.165, 1.54) is 7.11 Å². The van der Waals surface area contributed by atoms with Crippen LogP contribution in [0.1, 0.15) is 42.0 Å². The summed E-state index contributed by atoms with van der Waals surface area (Å²) in [6, 6.07) is 21.1. The second kappa shape index (κ2) is 8.89. The monoisotopic (exact) mass is 448 g/mol. The van der Waals surface area contributed by atoms with Crippen LogP contribution in [0.25, 0.3) is 0 Å². The quantitative estimate of drug-likeness (QED) is 0.556. The maximum Gasteiger partial charge on any atom is 0.346 e. The number of rotatable bonds is 6. The molecule has 0 bridgehead atoms. The molecule has 0 fully saturated rings. The van der Waals surface area contributed by atoms with Crippen LogP contribution in [-0.2, 0) is 21.7 Å². The van der Waals surface area contributed by atoms with Crippen LogP contribution in [-0.4, -0.2) is 35.5 Å². The summed E-state index contributed by atoms with van der Waals surface area (Å²) in [6.45, 7) is 3.68. The number of benzene rings is 3. The molecule has 0 radical (unpaired) electrons. The number of hydrogen-bond donors (Lipinski definition) is 2. The van der Waals surface area contributed by atoms with E-state index >= 15 is 0 Å². The summed E-state index contributed by atoms with van der Waals surface area (Å²) in [4.78, 5) is 13.5. The van der Waals surface area contributed by atoms with Gasteiger partial charge in [-0.1, -0.05) is 61.5 Å². The second-order valence-corrected chi connectivity index (χ2v) is 7.99. The van der Waals surface area contributed by atoms with Crippen molar-refractivity contribution >= 4 is 5.97 Å². The van der Waals surface area contributed by atoms with Crippen molar-refractivity contribution < 1.29 is 29.2 Å². The first-order valence-electron chi connectivity index (χ1n) is 11.0. The van der Waals surface area contributed by atoms with Gasteiger partial charge >= 0.3 is 5.97 Å². The van der Waals surface area contributed by atoms with Gasteiger partial charge in [-0.25, -0.2) is 4.79 Å². The molecule has 6 nitrogen and oxygen atoms in total. The van der Waals surface area contributed by atoms with E-state index in [1.807, 2.05) is 31.2 Å². The van der Waals surface area contributed by atoms with Gasteiger partial charge in [0.25, 0.3) is 5.79 Å². The smallest absolute Gasteiger partial charge is 0.346 e. The van der Waals surface area contributed by atoms with Gasteiger partial charge < -0.3 is 24.4 Å². The Bertz CT molecular complexity index is 1140. The maximum absolute atomic E-state index is 13.5. The van der Waals surface area contributed by atoms with E-state index in [9.17, 15) is 15.0 Å². The third-order valence-corrected chi connectivity index (χ3v) is 6.22. The van der Waals surface area contributed by atoms with Gasteiger partial charge in [0.05, 0.1) is 19.6 Å². The lowest BCUT2D eigenvalue weighted by atomic mass is 9.67. The first kappa shape index (κ1) is 22.8. The van der Waals surface area contributed by atoms with Crippen LogP contribution < -0.4 is 9.47 Å². The standard InChI is InChI=1S/C27H28O6/c1-4-18-11-9-10-14-21(18)24-22-17-20(31-3)15-16-23(22)33-27(30,19-12-7-6-8-13-19)26(24,29)25(28)32-5-2/h6-17,24,29-30H,4-5H2,1-3H3/t24?,26-,27+/m1/s1. The molecule has 2 N–H and O–H groups in total. The summed E-state index contributed by atoms with van der Waals surface area (Å²) in [6.07, 6.45) is 0.662. The molecule has 0 saturated carbocycles. The molecule has 4 rings (SSSR count). The molecule has 3 aromatic carbocycles. The average Bonchev–Trinajstić information content (AvgIpc) is 2.85. The third-order valence-electron chi connectivity index (χ3n) is 6.22. The summed E-state index contributed by atoms with van der Waals surface area (Å²) >= 11 is 0. The van der Waals surface area contributed by atoms with E-state index in [0.29, 0.717) is 29.0 Å². The lowest BCUT2D eigenvalue weighted by Gasteiger charge is -2.49. The Morgan fingerprint density at radius 2 is 1.67 bits per heavy atom. The Balaban J connectivity index is 2.09. The average molecular weight is 449 g/mol. The van der Waals surface area contributed by atoms with E-state index in [1.54, 1.807) is 55.5 Å². The second-order valence-electron chi connectivity index (χ2n) is 7.99. The number of carbonyl (C=O) groups is 1. The molecule has 33 heavy (non-hydrogen) atoms. The lowest BCUT2D eigenvalue weighted by Crippen LogP contribution is -2.66. The zero-order valence-corrected chi connectivity index (χ0v) is 18.9. The molecule has 0 saturated heterocycles. The van der Waals surface area contributed by atoms with Crippen molar-refractivity contribution in [3.8, 4) is 11.5 Å².